The van der Waals surface area contributed by atoms with E-state index in [1.807, 2.05) is 54.9 Å². The Balaban J connectivity index is 1.80. The minimum Gasteiger partial charge on any atom is -0.345 e. The van der Waals surface area contributed by atoms with Crippen molar-refractivity contribution < 1.29 is 9.59 Å². The Morgan fingerprint density at radius 1 is 1.17 bits per heavy atom. The molecule has 1 amide bonds. The Morgan fingerprint density at radius 2 is 1.91 bits per heavy atom. The summed E-state index contributed by atoms with van der Waals surface area (Å²) in [4.78, 5) is 23.8. The molecule has 0 aliphatic carbocycles. The topological polar surface area (TPSA) is 63.5 Å². The summed E-state index contributed by atoms with van der Waals surface area (Å²) in [5.74, 6) is -0.0338. The monoisotopic (exact) mass is 309 g/mol. The van der Waals surface area contributed by atoms with Crippen LogP contribution in [-0.2, 0) is 18.3 Å². The van der Waals surface area contributed by atoms with Gasteiger partial charge >= 0.3 is 0 Å². The molecule has 0 bridgehead atoms. The Kier molecular flexibility index (Phi) is 4.10. The standard InChI is InChI=1S/C18H19N3O2/c1-12-3-5-13(6-4-12)18(23)16-9-8-15(21(16)2)11-14-7-10-17(22)20-19-14/h3-6,8-9H,7,10-11H2,1-2H3,(H,20,22). The van der Waals surface area contributed by atoms with Crippen LogP contribution in [0.2, 0.25) is 0 Å². The van der Waals surface area contributed by atoms with Crippen molar-refractivity contribution in [1.82, 2.24) is 9.99 Å². The second kappa shape index (κ2) is 6.20. The van der Waals surface area contributed by atoms with Gasteiger partial charge in [0, 0.05) is 36.9 Å². The van der Waals surface area contributed by atoms with Crippen molar-refractivity contribution in [3.63, 3.8) is 0 Å². The zero-order chi connectivity index (χ0) is 16.4. The fourth-order valence-electron chi connectivity index (χ4n) is 2.66. The highest BCUT2D eigenvalue weighted by Gasteiger charge is 2.17. The Bertz CT molecular complexity index is 785. The van der Waals surface area contributed by atoms with E-state index in [0.717, 1.165) is 17.0 Å². The van der Waals surface area contributed by atoms with Crippen LogP contribution in [0.4, 0.5) is 0 Å². The maximum atomic E-state index is 12.6. The van der Waals surface area contributed by atoms with E-state index in [0.29, 0.717) is 30.5 Å². The molecule has 1 N–H and O–H groups in total. The maximum Gasteiger partial charge on any atom is 0.240 e. The van der Waals surface area contributed by atoms with Crippen LogP contribution in [0.1, 0.15) is 40.2 Å². The third-order valence-corrected chi connectivity index (χ3v) is 4.14. The van der Waals surface area contributed by atoms with E-state index in [1.54, 1.807) is 0 Å². The molecule has 5 nitrogen and oxygen atoms in total. The van der Waals surface area contributed by atoms with Crippen molar-refractivity contribution in [2.24, 2.45) is 12.1 Å². The van der Waals surface area contributed by atoms with Gasteiger partial charge in [-0.2, -0.15) is 5.10 Å². The van der Waals surface area contributed by atoms with Crippen molar-refractivity contribution >= 4 is 17.4 Å². The average Bonchev–Trinajstić information content (AvgIpc) is 2.90. The number of benzene rings is 1. The number of nitrogens with one attached hydrogen (secondary N) is 1. The second-order valence-electron chi connectivity index (χ2n) is 5.85. The summed E-state index contributed by atoms with van der Waals surface area (Å²) in [7, 11) is 1.89. The molecule has 1 aliphatic heterocycles. The van der Waals surface area contributed by atoms with E-state index in [2.05, 4.69) is 10.5 Å². The molecule has 2 heterocycles. The van der Waals surface area contributed by atoms with Crippen LogP contribution in [0.15, 0.2) is 41.5 Å². The molecule has 0 saturated heterocycles. The summed E-state index contributed by atoms with van der Waals surface area (Å²) in [6, 6.07) is 11.4. The molecule has 0 saturated carbocycles. The van der Waals surface area contributed by atoms with Gasteiger partial charge in [-0.1, -0.05) is 29.8 Å². The predicted molar refractivity (Wildman–Crippen MR) is 88.5 cm³/mol. The van der Waals surface area contributed by atoms with Crippen molar-refractivity contribution in [2.75, 3.05) is 0 Å². The summed E-state index contributed by atoms with van der Waals surface area (Å²) < 4.78 is 1.90. The first-order chi connectivity index (χ1) is 11.0. The zero-order valence-electron chi connectivity index (χ0n) is 13.3. The molecule has 3 rings (SSSR count). The normalized spacial score (nSPS) is 14.3. The fraction of sp³-hybridized carbons (Fsp3) is 0.278. The van der Waals surface area contributed by atoms with Crippen LogP contribution < -0.4 is 5.43 Å². The zero-order valence-corrected chi connectivity index (χ0v) is 13.3. The first-order valence-electron chi connectivity index (χ1n) is 7.65. The Morgan fingerprint density at radius 3 is 2.57 bits per heavy atom. The van der Waals surface area contributed by atoms with E-state index in [9.17, 15) is 9.59 Å². The number of hydrazone groups is 1. The van der Waals surface area contributed by atoms with Gasteiger partial charge in [-0.05, 0) is 25.5 Å². The lowest BCUT2D eigenvalue weighted by Gasteiger charge is -2.13. The number of rotatable bonds is 4. The number of aromatic nitrogens is 1. The van der Waals surface area contributed by atoms with E-state index in [4.69, 9.17) is 0 Å². The molecule has 1 aromatic heterocycles. The lowest BCUT2D eigenvalue weighted by molar-refractivity contribution is -0.121. The highest BCUT2D eigenvalue weighted by Crippen LogP contribution is 2.16. The van der Waals surface area contributed by atoms with Crippen LogP contribution in [0.5, 0.6) is 0 Å². The first kappa shape index (κ1) is 15.2. The van der Waals surface area contributed by atoms with Crippen LogP contribution in [0, 0.1) is 6.92 Å². The maximum absolute atomic E-state index is 12.6. The van der Waals surface area contributed by atoms with Gasteiger partial charge in [0.1, 0.15) is 0 Å². The molecule has 5 heteroatoms. The molecule has 0 fully saturated rings. The fourth-order valence-corrected chi connectivity index (χ4v) is 2.66. The van der Waals surface area contributed by atoms with Gasteiger partial charge in [-0.25, -0.2) is 5.43 Å². The minimum absolute atomic E-state index is 0.0117. The smallest absolute Gasteiger partial charge is 0.240 e. The van der Waals surface area contributed by atoms with Crippen molar-refractivity contribution in [3.8, 4) is 0 Å². The van der Waals surface area contributed by atoms with Gasteiger partial charge in [-0.15, -0.1) is 0 Å². The highest BCUT2D eigenvalue weighted by atomic mass is 16.2. The van der Waals surface area contributed by atoms with Crippen LogP contribution in [-0.4, -0.2) is 22.0 Å². The van der Waals surface area contributed by atoms with E-state index < -0.39 is 0 Å². The molecule has 1 aliphatic rings. The number of hydrogen-bond acceptors (Lipinski definition) is 3. The number of carbonyl (C=O) groups excluding carboxylic acids is 2. The Labute approximate surface area is 135 Å². The number of aryl methyl sites for hydroxylation is 1. The summed E-state index contributed by atoms with van der Waals surface area (Å²) in [5.41, 5.74) is 6.92. The highest BCUT2D eigenvalue weighted by molar-refractivity contribution is 6.08. The molecule has 0 atom stereocenters. The van der Waals surface area contributed by atoms with Gasteiger partial charge in [0.05, 0.1) is 5.69 Å². The van der Waals surface area contributed by atoms with Gasteiger partial charge < -0.3 is 4.57 Å². The van der Waals surface area contributed by atoms with Gasteiger partial charge in [0.2, 0.25) is 11.7 Å². The van der Waals surface area contributed by atoms with Crippen LogP contribution in [0.25, 0.3) is 0 Å². The summed E-state index contributed by atoms with van der Waals surface area (Å²) in [6.45, 7) is 2.00. The predicted octanol–water partition coefficient (Wildman–Crippen LogP) is 2.37. The van der Waals surface area contributed by atoms with Crippen molar-refractivity contribution in [2.45, 2.75) is 26.2 Å². The van der Waals surface area contributed by atoms with Gasteiger partial charge in [0.15, 0.2) is 0 Å². The lowest BCUT2D eigenvalue weighted by atomic mass is 10.1. The molecule has 2 aromatic rings. The van der Waals surface area contributed by atoms with Crippen molar-refractivity contribution in [3.05, 3.63) is 58.9 Å². The van der Waals surface area contributed by atoms with Gasteiger partial charge in [0.25, 0.3) is 0 Å². The number of hydrogen-bond donors (Lipinski definition) is 1. The minimum atomic E-state index is -0.0455. The van der Waals surface area contributed by atoms with E-state index in [-0.39, 0.29) is 11.7 Å². The number of amides is 1. The van der Waals surface area contributed by atoms with Crippen LogP contribution >= 0.6 is 0 Å². The SMILES string of the molecule is Cc1ccc(C(=O)c2ccc(CC3=NNC(=O)CC3)n2C)cc1. The van der Waals surface area contributed by atoms with E-state index >= 15 is 0 Å². The third-order valence-electron chi connectivity index (χ3n) is 4.14. The first-order valence-corrected chi connectivity index (χ1v) is 7.65. The summed E-state index contributed by atoms with van der Waals surface area (Å²) >= 11 is 0. The molecule has 0 unspecified atom stereocenters. The number of ketones is 1. The Hall–Kier alpha value is -2.69. The van der Waals surface area contributed by atoms with E-state index in [1.165, 1.54) is 0 Å². The average molecular weight is 309 g/mol. The largest absolute Gasteiger partial charge is 0.345 e. The molecule has 118 valence electrons. The second-order valence-corrected chi connectivity index (χ2v) is 5.85. The van der Waals surface area contributed by atoms with Crippen LogP contribution in [0.3, 0.4) is 0 Å². The molecule has 23 heavy (non-hydrogen) atoms. The molecule has 0 spiro atoms. The molecular formula is C18H19N3O2. The third kappa shape index (κ3) is 3.23. The summed E-state index contributed by atoms with van der Waals surface area (Å²) in [5, 5.41) is 4.09. The van der Waals surface area contributed by atoms with Gasteiger partial charge in [-0.3, -0.25) is 9.59 Å². The number of carbonyl (C=O) groups is 2. The number of nitrogens with zero attached hydrogens (tertiary/aromatic N) is 2. The molecule has 1 aromatic carbocycles. The molecule has 0 radical (unpaired) electrons. The lowest BCUT2D eigenvalue weighted by Crippen LogP contribution is -2.26. The quantitative estimate of drug-likeness (QED) is 0.881. The molecular weight excluding hydrogens is 290 g/mol. The van der Waals surface area contributed by atoms with Crippen molar-refractivity contribution in [1.29, 1.82) is 0 Å². The summed E-state index contributed by atoms with van der Waals surface area (Å²) in [6.07, 6.45) is 1.77.